The predicted molar refractivity (Wildman–Crippen MR) is 44.5 cm³/mol. The molecule has 70 valence electrons. The Balaban J connectivity index is 2.33. The van der Waals surface area contributed by atoms with Gasteiger partial charge in [-0.1, -0.05) is 0 Å². The van der Waals surface area contributed by atoms with E-state index in [1.54, 1.807) is 0 Å². The summed E-state index contributed by atoms with van der Waals surface area (Å²) in [7, 11) is 0. The van der Waals surface area contributed by atoms with E-state index in [4.69, 9.17) is 16.2 Å². The lowest BCUT2D eigenvalue weighted by Gasteiger charge is -2.41. The average molecular weight is 173 g/mol. The molecule has 0 spiro atoms. The van der Waals surface area contributed by atoms with Gasteiger partial charge in [0, 0.05) is 12.6 Å². The number of nitrogens with two attached hydrogens (primary N) is 2. The van der Waals surface area contributed by atoms with Gasteiger partial charge in [0.05, 0.1) is 12.1 Å². The van der Waals surface area contributed by atoms with Gasteiger partial charge < -0.3 is 21.5 Å². The Hall–Kier alpha value is -0.810. The van der Waals surface area contributed by atoms with Crippen LogP contribution in [-0.2, 0) is 4.74 Å². The van der Waals surface area contributed by atoms with Crippen LogP contribution in [0.3, 0.4) is 0 Å². The molecule has 1 fully saturated rings. The molecule has 0 heterocycles. The number of carbonyl (C=O) groups is 1. The summed E-state index contributed by atoms with van der Waals surface area (Å²) in [5, 5.41) is 2.55. The SMILES string of the molecule is CCOC1CC(N)C1NC(N)=O. The van der Waals surface area contributed by atoms with Crippen molar-refractivity contribution in [3.8, 4) is 0 Å². The Morgan fingerprint density at radius 3 is 2.83 bits per heavy atom. The van der Waals surface area contributed by atoms with E-state index in [0.717, 1.165) is 6.42 Å². The van der Waals surface area contributed by atoms with Crippen molar-refractivity contribution >= 4 is 6.03 Å². The van der Waals surface area contributed by atoms with E-state index >= 15 is 0 Å². The summed E-state index contributed by atoms with van der Waals surface area (Å²) in [4.78, 5) is 10.5. The number of hydrogen-bond acceptors (Lipinski definition) is 3. The Morgan fingerprint density at radius 2 is 2.42 bits per heavy atom. The number of primary amides is 1. The van der Waals surface area contributed by atoms with Gasteiger partial charge in [0.25, 0.3) is 0 Å². The van der Waals surface area contributed by atoms with E-state index in [1.165, 1.54) is 0 Å². The van der Waals surface area contributed by atoms with Crippen molar-refractivity contribution in [2.75, 3.05) is 6.61 Å². The van der Waals surface area contributed by atoms with E-state index in [9.17, 15) is 4.79 Å². The topological polar surface area (TPSA) is 90.4 Å². The minimum atomic E-state index is -0.542. The summed E-state index contributed by atoms with van der Waals surface area (Å²) >= 11 is 0. The second-order valence-corrected chi connectivity index (χ2v) is 2.93. The van der Waals surface area contributed by atoms with Crippen LogP contribution in [0.15, 0.2) is 0 Å². The summed E-state index contributed by atoms with van der Waals surface area (Å²) in [5.74, 6) is 0. The molecule has 5 N–H and O–H groups in total. The van der Waals surface area contributed by atoms with Gasteiger partial charge in [-0.15, -0.1) is 0 Å². The highest BCUT2D eigenvalue weighted by Gasteiger charge is 2.39. The number of ether oxygens (including phenoxy) is 1. The molecule has 0 aliphatic heterocycles. The van der Waals surface area contributed by atoms with Crippen molar-refractivity contribution in [2.24, 2.45) is 11.5 Å². The van der Waals surface area contributed by atoms with Crippen molar-refractivity contribution in [2.45, 2.75) is 31.5 Å². The van der Waals surface area contributed by atoms with Gasteiger partial charge in [-0.25, -0.2) is 4.79 Å². The first-order valence-electron chi connectivity index (χ1n) is 4.08. The second kappa shape index (κ2) is 3.73. The third kappa shape index (κ3) is 1.86. The Labute approximate surface area is 71.4 Å². The fourth-order valence-corrected chi connectivity index (χ4v) is 1.39. The smallest absolute Gasteiger partial charge is 0.312 e. The van der Waals surface area contributed by atoms with Gasteiger partial charge in [0.2, 0.25) is 0 Å². The Morgan fingerprint density at radius 1 is 1.75 bits per heavy atom. The molecule has 1 saturated carbocycles. The maximum absolute atomic E-state index is 10.5. The fourth-order valence-electron chi connectivity index (χ4n) is 1.39. The van der Waals surface area contributed by atoms with Gasteiger partial charge in [-0.3, -0.25) is 0 Å². The highest BCUT2D eigenvalue weighted by molar-refractivity contribution is 5.72. The molecule has 0 aromatic carbocycles. The quantitative estimate of drug-likeness (QED) is 0.519. The van der Waals surface area contributed by atoms with Crippen LogP contribution in [0.4, 0.5) is 4.79 Å². The Kier molecular flexibility index (Phi) is 2.88. The van der Waals surface area contributed by atoms with Gasteiger partial charge in [-0.2, -0.15) is 0 Å². The molecule has 12 heavy (non-hydrogen) atoms. The van der Waals surface area contributed by atoms with Crippen LogP contribution in [0.1, 0.15) is 13.3 Å². The van der Waals surface area contributed by atoms with Crippen molar-refractivity contribution in [1.82, 2.24) is 5.32 Å². The zero-order valence-electron chi connectivity index (χ0n) is 7.12. The van der Waals surface area contributed by atoms with Gasteiger partial charge >= 0.3 is 6.03 Å². The normalized spacial score (nSPS) is 34.0. The van der Waals surface area contributed by atoms with E-state index < -0.39 is 6.03 Å². The fraction of sp³-hybridized carbons (Fsp3) is 0.857. The monoisotopic (exact) mass is 173 g/mol. The van der Waals surface area contributed by atoms with Crippen molar-refractivity contribution in [1.29, 1.82) is 0 Å². The number of urea groups is 1. The standard InChI is InChI=1S/C7H15N3O2/c1-2-12-5-3-4(8)6(5)10-7(9)11/h4-6H,2-3,8H2,1H3,(H3,9,10,11). The van der Waals surface area contributed by atoms with Crippen LogP contribution < -0.4 is 16.8 Å². The van der Waals surface area contributed by atoms with Crippen LogP contribution >= 0.6 is 0 Å². The van der Waals surface area contributed by atoms with Crippen LogP contribution in [0.25, 0.3) is 0 Å². The Bertz CT molecular complexity index is 172. The largest absolute Gasteiger partial charge is 0.376 e. The number of carbonyl (C=O) groups excluding carboxylic acids is 1. The van der Waals surface area contributed by atoms with E-state index in [0.29, 0.717) is 6.61 Å². The highest BCUT2D eigenvalue weighted by atomic mass is 16.5. The van der Waals surface area contributed by atoms with Crippen LogP contribution in [0, 0.1) is 0 Å². The van der Waals surface area contributed by atoms with Gasteiger partial charge in [-0.05, 0) is 13.3 Å². The number of rotatable bonds is 3. The van der Waals surface area contributed by atoms with Gasteiger partial charge in [0.15, 0.2) is 0 Å². The summed E-state index contributed by atoms with van der Waals surface area (Å²) in [6.45, 7) is 2.54. The minimum absolute atomic E-state index is 0.0194. The average Bonchev–Trinajstić information content (AvgIpc) is 2.00. The number of nitrogens with one attached hydrogen (secondary N) is 1. The van der Waals surface area contributed by atoms with E-state index in [-0.39, 0.29) is 18.2 Å². The molecule has 0 saturated heterocycles. The molecule has 5 nitrogen and oxygen atoms in total. The van der Waals surface area contributed by atoms with E-state index in [1.807, 2.05) is 6.92 Å². The molecule has 3 unspecified atom stereocenters. The molecule has 5 heteroatoms. The molecule has 3 atom stereocenters. The molecule has 1 rings (SSSR count). The predicted octanol–water partition coefficient (Wildman–Crippen LogP) is -0.841. The first-order valence-corrected chi connectivity index (χ1v) is 4.08. The lowest BCUT2D eigenvalue weighted by molar-refractivity contribution is -0.0278. The van der Waals surface area contributed by atoms with Crippen LogP contribution in [0.2, 0.25) is 0 Å². The number of amides is 2. The molecule has 1 aliphatic rings. The van der Waals surface area contributed by atoms with Gasteiger partial charge in [0.1, 0.15) is 0 Å². The summed E-state index contributed by atoms with van der Waals surface area (Å²) < 4.78 is 5.31. The van der Waals surface area contributed by atoms with Crippen molar-refractivity contribution in [3.63, 3.8) is 0 Å². The first-order chi connectivity index (χ1) is 5.65. The summed E-state index contributed by atoms with van der Waals surface area (Å²) in [6.07, 6.45) is 0.830. The minimum Gasteiger partial charge on any atom is -0.376 e. The van der Waals surface area contributed by atoms with Crippen molar-refractivity contribution in [3.05, 3.63) is 0 Å². The van der Waals surface area contributed by atoms with Crippen LogP contribution in [0.5, 0.6) is 0 Å². The second-order valence-electron chi connectivity index (χ2n) is 2.93. The highest BCUT2D eigenvalue weighted by Crippen LogP contribution is 2.22. The molecule has 0 aromatic heterocycles. The lowest BCUT2D eigenvalue weighted by Crippen LogP contribution is -2.65. The summed E-state index contributed by atoms with van der Waals surface area (Å²) in [5.41, 5.74) is 10.6. The molecule has 0 aromatic rings. The lowest BCUT2D eigenvalue weighted by atomic mass is 9.83. The molecule has 1 aliphatic carbocycles. The zero-order chi connectivity index (χ0) is 9.14. The van der Waals surface area contributed by atoms with Crippen LogP contribution in [-0.4, -0.2) is 30.8 Å². The third-order valence-corrected chi connectivity index (χ3v) is 2.06. The third-order valence-electron chi connectivity index (χ3n) is 2.06. The van der Waals surface area contributed by atoms with E-state index in [2.05, 4.69) is 5.32 Å². The van der Waals surface area contributed by atoms with Crippen molar-refractivity contribution < 1.29 is 9.53 Å². The molecule has 0 bridgehead atoms. The first kappa shape index (κ1) is 9.28. The number of hydrogen-bond donors (Lipinski definition) is 3. The maximum atomic E-state index is 10.5. The maximum Gasteiger partial charge on any atom is 0.312 e. The molecule has 0 radical (unpaired) electrons. The summed E-state index contributed by atoms with van der Waals surface area (Å²) in [6, 6.07) is -0.670. The molecule has 2 amide bonds. The molecular weight excluding hydrogens is 158 g/mol. The molecular formula is C7H15N3O2. The zero-order valence-corrected chi connectivity index (χ0v) is 7.12.